The normalized spacial score (nSPS) is 24.1. The molecule has 1 N–H and O–H groups in total. The SMILES string of the molecule is CCC[C@H](O)[C@H]1CN(C2CCCCC2)c2ccc(Cl)cc21. The van der Waals surface area contributed by atoms with Gasteiger partial charge < -0.3 is 10.0 Å². The Kier molecular flexibility index (Phi) is 4.75. The minimum atomic E-state index is -0.249. The molecule has 1 heterocycles. The van der Waals surface area contributed by atoms with Gasteiger partial charge >= 0.3 is 0 Å². The first kappa shape index (κ1) is 15.2. The number of benzene rings is 1. The van der Waals surface area contributed by atoms with Crippen molar-refractivity contribution in [2.45, 2.75) is 69.9 Å². The van der Waals surface area contributed by atoms with Gasteiger partial charge in [-0.1, -0.05) is 44.2 Å². The maximum absolute atomic E-state index is 10.5. The number of fused-ring (bicyclic) bond motifs is 1. The van der Waals surface area contributed by atoms with E-state index in [4.69, 9.17) is 11.6 Å². The molecule has 0 radical (unpaired) electrons. The van der Waals surface area contributed by atoms with E-state index in [1.54, 1.807) is 0 Å². The highest BCUT2D eigenvalue weighted by atomic mass is 35.5. The Labute approximate surface area is 133 Å². The van der Waals surface area contributed by atoms with E-state index in [0.717, 1.165) is 24.4 Å². The summed E-state index contributed by atoms with van der Waals surface area (Å²) >= 11 is 6.20. The first-order chi connectivity index (χ1) is 10.2. The van der Waals surface area contributed by atoms with Gasteiger partial charge in [-0.3, -0.25) is 0 Å². The molecule has 2 atom stereocenters. The molecule has 3 rings (SSSR count). The third-order valence-corrected chi connectivity index (χ3v) is 5.39. The van der Waals surface area contributed by atoms with Crippen LogP contribution in [-0.4, -0.2) is 23.8 Å². The molecular formula is C18H26ClNO. The fraction of sp³-hybridized carbons (Fsp3) is 0.667. The maximum atomic E-state index is 10.5. The number of hydrogen-bond acceptors (Lipinski definition) is 2. The lowest BCUT2D eigenvalue weighted by atomic mass is 9.92. The van der Waals surface area contributed by atoms with Gasteiger partial charge in [0.1, 0.15) is 0 Å². The van der Waals surface area contributed by atoms with Gasteiger partial charge in [0.15, 0.2) is 0 Å². The maximum Gasteiger partial charge on any atom is 0.0626 e. The second-order valence-corrected chi connectivity index (χ2v) is 7.05. The molecule has 0 bridgehead atoms. The molecule has 116 valence electrons. The topological polar surface area (TPSA) is 23.5 Å². The van der Waals surface area contributed by atoms with E-state index in [1.165, 1.54) is 43.4 Å². The summed E-state index contributed by atoms with van der Waals surface area (Å²) in [5.41, 5.74) is 2.57. The van der Waals surface area contributed by atoms with Gasteiger partial charge in [-0.25, -0.2) is 0 Å². The zero-order chi connectivity index (χ0) is 14.8. The van der Waals surface area contributed by atoms with Crippen LogP contribution in [0.1, 0.15) is 63.4 Å². The lowest BCUT2D eigenvalue weighted by molar-refractivity contribution is 0.136. The van der Waals surface area contributed by atoms with Crippen molar-refractivity contribution < 1.29 is 5.11 Å². The van der Waals surface area contributed by atoms with Gasteiger partial charge in [-0.15, -0.1) is 0 Å². The second-order valence-electron chi connectivity index (χ2n) is 6.61. The summed E-state index contributed by atoms with van der Waals surface area (Å²) in [4.78, 5) is 2.55. The average molecular weight is 308 g/mol. The Balaban J connectivity index is 1.88. The van der Waals surface area contributed by atoms with Crippen molar-refractivity contribution >= 4 is 17.3 Å². The van der Waals surface area contributed by atoms with E-state index in [2.05, 4.69) is 24.0 Å². The van der Waals surface area contributed by atoms with Crippen molar-refractivity contribution in [2.24, 2.45) is 0 Å². The molecule has 1 aromatic carbocycles. The Bertz CT molecular complexity index is 484. The summed E-state index contributed by atoms with van der Waals surface area (Å²) in [7, 11) is 0. The van der Waals surface area contributed by atoms with Crippen LogP contribution in [0, 0.1) is 0 Å². The van der Waals surface area contributed by atoms with Crippen LogP contribution in [0.25, 0.3) is 0 Å². The summed E-state index contributed by atoms with van der Waals surface area (Å²) in [6.45, 7) is 3.09. The second kappa shape index (κ2) is 6.58. The zero-order valence-electron chi connectivity index (χ0n) is 12.9. The number of nitrogens with zero attached hydrogens (tertiary/aromatic N) is 1. The smallest absolute Gasteiger partial charge is 0.0626 e. The van der Waals surface area contributed by atoms with Crippen LogP contribution in [0.4, 0.5) is 5.69 Å². The third kappa shape index (κ3) is 3.07. The summed E-state index contributed by atoms with van der Waals surface area (Å²) in [6, 6.07) is 6.87. The lowest BCUT2D eigenvalue weighted by Crippen LogP contribution is -2.37. The van der Waals surface area contributed by atoms with Crippen LogP contribution in [0.3, 0.4) is 0 Å². The highest BCUT2D eigenvalue weighted by Gasteiger charge is 2.36. The van der Waals surface area contributed by atoms with E-state index in [1.807, 2.05) is 6.07 Å². The van der Waals surface area contributed by atoms with Crippen molar-refractivity contribution in [1.82, 2.24) is 0 Å². The number of aliphatic hydroxyl groups excluding tert-OH is 1. The van der Waals surface area contributed by atoms with E-state index in [0.29, 0.717) is 6.04 Å². The molecule has 0 amide bonds. The molecule has 0 unspecified atom stereocenters. The molecule has 1 fully saturated rings. The first-order valence-corrected chi connectivity index (χ1v) is 8.82. The molecular weight excluding hydrogens is 282 g/mol. The molecule has 1 aliphatic heterocycles. The molecule has 3 heteroatoms. The van der Waals surface area contributed by atoms with Gasteiger partial charge in [-0.2, -0.15) is 0 Å². The Morgan fingerprint density at radius 3 is 2.76 bits per heavy atom. The standard InChI is InChI=1S/C18H26ClNO/c1-2-6-18(21)16-12-20(14-7-4-3-5-8-14)17-10-9-13(19)11-15(16)17/h9-11,14,16,18,21H,2-8,12H2,1H3/t16-,18-/m0/s1. The molecule has 1 aromatic rings. The van der Waals surface area contributed by atoms with E-state index in [-0.39, 0.29) is 12.0 Å². The molecule has 0 aromatic heterocycles. The zero-order valence-corrected chi connectivity index (χ0v) is 13.6. The number of rotatable bonds is 4. The number of halogens is 1. The Morgan fingerprint density at radius 1 is 1.29 bits per heavy atom. The fourth-order valence-electron chi connectivity index (χ4n) is 4.06. The fourth-order valence-corrected chi connectivity index (χ4v) is 4.24. The molecule has 2 nitrogen and oxygen atoms in total. The van der Waals surface area contributed by atoms with Gasteiger partial charge in [0.05, 0.1) is 6.10 Å². The van der Waals surface area contributed by atoms with Gasteiger partial charge in [0.2, 0.25) is 0 Å². The van der Waals surface area contributed by atoms with Crippen LogP contribution in [-0.2, 0) is 0 Å². The van der Waals surface area contributed by atoms with E-state index < -0.39 is 0 Å². The number of aliphatic hydroxyl groups is 1. The van der Waals surface area contributed by atoms with Crippen molar-refractivity contribution in [3.8, 4) is 0 Å². The van der Waals surface area contributed by atoms with Gasteiger partial charge in [0, 0.05) is 29.2 Å². The molecule has 21 heavy (non-hydrogen) atoms. The molecule has 0 spiro atoms. The first-order valence-electron chi connectivity index (χ1n) is 8.45. The monoisotopic (exact) mass is 307 g/mol. The van der Waals surface area contributed by atoms with Crippen molar-refractivity contribution in [3.05, 3.63) is 28.8 Å². The lowest BCUT2D eigenvalue weighted by Gasteiger charge is -2.34. The Morgan fingerprint density at radius 2 is 2.05 bits per heavy atom. The summed E-state index contributed by atoms with van der Waals surface area (Å²) in [5, 5.41) is 11.3. The quantitative estimate of drug-likeness (QED) is 0.868. The van der Waals surface area contributed by atoms with Crippen LogP contribution < -0.4 is 4.90 Å². The number of hydrogen-bond donors (Lipinski definition) is 1. The summed E-state index contributed by atoms with van der Waals surface area (Å²) in [6.07, 6.45) is 8.28. The predicted molar refractivity (Wildman–Crippen MR) is 89.3 cm³/mol. The van der Waals surface area contributed by atoms with E-state index in [9.17, 15) is 5.11 Å². The third-order valence-electron chi connectivity index (χ3n) is 5.16. The molecule has 1 aliphatic carbocycles. The van der Waals surface area contributed by atoms with Crippen LogP contribution in [0.5, 0.6) is 0 Å². The van der Waals surface area contributed by atoms with Crippen LogP contribution in [0.15, 0.2) is 18.2 Å². The summed E-state index contributed by atoms with van der Waals surface area (Å²) < 4.78 is 0. The highest BCUT2D eigenvalue weighted by molar-refractivity contribution is 6.30. The largest absolute Gasteiger partial charge is 0.392 e. The minimum absolute atomic E-state index is 0.223. The summed E-state index contributed by atoms with van der Waals surface area (Å²) in [5.74, 6) is 0.223. The van der Waals surface area contributed by atoms with Crippen LogP contribution in [0.2, 0.25) is 5.02 Å². The van der Waals surface area contributed by atoms with Gasteiger partial charge in [0.25, 0.3) is 0 Å². The molecule has 2 aliphatic rings. The predicted octanol–water partition coefficient (Wildman–Crippen LogP) is 4.74. The highest BCUT2D eigenvalue weighted by Crippen LogP contribution is 2.43. The van der Waals surface area contributed by atoms with E-state index >= 15 is 0 Å². The van der Waals surface area contributed by atoms with Crippen molar-refractivity contribution in [3.63, 3.8) is 0 Å². The average Bonchev–Trinajstić information content (AvgIpc) is 2.87. The molecule has 0 saturated heterocycles. The van der Waals surface area contributed by atoms with Crippen molar-refractivity contribution in [1.29, 1.82) is 0 Å². The molecule has 1 saturated carbocycles. The van der Waals surface area contributed by atoms with Crippen molar-refractivity contribution in [2.75, 3.05) is 11.4 Å². The Hall–Kier alpha value is -0.730. The van der Waals surface area contributed by atoms with Crippen LogP contribution >= 0.6 is 11.6 Å². The van der Waals surface area contributed by atoms with Gasteiger partial charge in [-0.05, 0) is 43.0 Å². The minimum Gasteiger partial charge on any atom is -0.392 e. The number of anilines is 1.